The highest BCUT2D eigenvalue weighted by atomic mass is 16.6. The van der Waals surface area contributed by atoms with Crippen LogP contribution in [0.2, 0.25) is 0 Å². The fraction of sp³-hybridized carbons (Fsp3) is 0.200. The third-order valence-electron chi connectivity index (χ3n) is 2.26. The number of ether oxygens (including phenoxy) is 2. The van der Waals surface area contributed by atoms with Gasteiger partial charge in [0.05, 0.1) is 4.92 Å². The van der Waals surface area contributed by atoms with E-state index in [0.717, 1.165) is 0 Å². The minimum absolute atomic E-state index is 0.0621. The van der Waals surface area contributed by atoms with Crippen LogP contribution < -0.4 is 0 Å². The average Bonchev–Trinajstić information content (AvgIpc) is 2.33. The molecule has 0 bridgehead atoms. The van der Waals surface area contributed by atoms with Gasteiger partial charge in [0.2, 0.25) is 0 Å². The van der Waals surface area contributed by atoms with Crippen LogP contribution in [0.15, 0.2) is 24.3 Å². The number of rotatable bonds is 2. The van der Waals surface area contributed by atoms with Crippen molar-refractivity contribution in [2.75, 3.05) is 6.61 Å². The Morgan fingerprint density at radius 2 is 1.82 bits per heavy atom. The van der Waals surface area contributed by atoms with Gasteiger partial charge in [-0.15, -0.1) is 0 Å². The fourth-order valence-corrected chi connectivity index (χ4v) is 1.40. The first-order valence-electron chi connectivity index (χ1n) is 4.70. The first-order chi connectivity index (χ1) is 8.08. The van der Waals surface area contributed by atoms with E-state index in [-0.39, 0.29) is 12.3 Å². The molecule has 0 aliphatic carbocycles. The van der Waals surface area contributed by atoms with E-state index in [2.05, 4.69) is 4.74 Å². The molecule has 1 aliphatic heterocycles. The second kappa shape index (κ2) is 4.20. The average molecular weight is 237 g/mol. The van der Waals surface area contributed by atoms with Crippen LogP contribution in [0.3, 0.4) is 0 Å². The minimum atomic E-state index is -1.06. The molecule has 1 heterocycles. The molecule has 7 nitrogen and oxygen atoms in total. The maximum absolute atomic E-state index is 10.9. The number of non-ortho nitro benzene ring substituents is 1. The van der Waals surface area contributed by atoms with Crippen molar-refractivity contribution in [3.8, 4) is 0 Å². The molecule has 1 fully saturated rings. The summed E-state index contributed by atoms with van der Waals surface area (Å²) in [6.07, 6.45) is -0.707. The summed E-state index contributed by atoms with van der Waals surface area (Å²) in [5, 5.41) is 10.4. The third kappa shape index (κ3) is 2.22. The summed E-state index contributed by atoms with van der Waals surface area (Å²) in [6.45, 7) is -0.0810. The lowest BCUT2D eigenvalue weighted by atomic mass is 10.1. The summed E-state index contributed by atoms with van der Waals surface area (Å²) in [6, 6.07) is 5.49. The van der Waals surface area contributed by atoms with E-state index < -0.39 is 23.0 Å². The number of esters is 2. The number of benzene rings is 1. The molecule has 1 saturated heterocycles. The van der Waals surface area contributed by atoms with Crippen molar-refractivity contribution in [2.24, 2.45) is 0 Å². The highest BCUT2D eigenvalue weighted by molar-refractivity contribution is 6.30. The normalized spacial score (nSPS) is 19.4. The van der Waals surface area contributed by atoms with E-state index >= 15 is 0 Å². The molecule has 0 N–H and O–H groups in total. The van der Waals surface area contributed by atoms with Gasteiger partial charge in [0.1, 0.15) is 6.61 Å². The van der Waals surface area contributed by atoms with Crippen molar-refractivity contribution >= 4 is 17.6 Å². The van der Waals surface area contributed by atoms with Crippen molar-refractivity contribution in [1.29, 1.82) is 0 Å². The van der Waals surface area contributed by atoms with Crippen LogP contribution in [0.4, 0.5) is 5.69 Å². The van der Waals surface area contributed by atoms with E-state index in [1.54, 1.807) is 0 Å². The van der Waals surface area contributed by atoms with Gasteiger partial charge >= 0.3 is 11.9 Å². The molecule has 0 amide bonds. The lowest BCUT2D eigenvalue weighted by molar-refractivity contribution is -0.384. The van der Waals surface area contributed by atoms with Crippen molar-refractivity contribution in [3.63, 3.8) is 0 Å². The molecule has 0 saturated carbocycles. The predicted octanol–water partition coefficient (Wildman–Crippen LogP) is 0.736. The summed E-state index contributed by atoms with van der Waals surface area (Å²) in [7, 11) is 0. The van der Waals surface area contributed by atoms with Crippen LogP contribution in [0.1, 0.15) is 11.7 Å². The maximum Gasteiger partial charge on any atom is 0.418 e. The van der Waals surface area contributed by atoms with Gasteiger partial charge in [0.25, 0.3) is 5.69 Å². The lowest BCUT2D eigenvalue weighted by Crippen LogP contribution is -2.31. The zero-order chi connectivity index (χ0) is 12.4. The molecule has 0 radical (unpaired) electrons. The van der Waals surface area contributed by atoms with Crippen molar-refractivity contribution in [3.05, 3.63) is 39.9 Å². The van der Waals surface area contributed by atoms with Gasteiger partial charge < -0.3 is 9.47 Å². The maximum atomic E-state index is 10.9. The second-order valence-corrected chi connectivity index (χ2v) is 3.34. The summed E-state index contributed by atoms with van der Waals surface area (Å²) in [5.41, 5.74) is 0.476. The van der Waals surface area contributed by atoms with Crippen LogP contribution >= 0.6 is 0 Å². The highest BCUT2D eigenvalue weighted by Crippen LogP contribution is 2.23. The smallest absolute Gasteiger partial charge is 0.418 e. The molecule has 0 aromatic heterocycles. The first kappa shape index (κ1) is 11.1. The molecule has 1 atom stereocenters. The van der Waals surface area contributed by atoms with Crippen LogP contribution in [0.25, 0.3) is 0 Å². The number of nitrogens with zero attached hydrogens (tertiary/aromatic N) is 1. The van der Waals surface area contributed by atoms with E-state index in [1.165, 1.54) is 24.3 Å². The molecule has 1 aromatic carbocycles. The number of carbonyl (C=O) groups is 2. The van der Waals surface area contributed by atoms with Crippen LogP contribution in [0.5, 0.6) is 0 Å². The Morgan fingerprint density at radius 1 is 1.18 bits per heavy atom. The van der Waals surface area contributed by atoms with Gasteiger partial charge in [-0.2, -0.15) is 0 Å². The second-order valence-electron chi connectivity index (χ2n) is 3.34. The van der Waals surface area contributed by atoms with Crippen molar-refractivity contribution < 1.29 is 24.0 Å². The largest absolute Gasteiger partial charge is 0.453 e. The zero-order valence-electron chi connectivity index (χ0n) is 8.49. The van der Waals surface area contributed by atoms with E-state index in [9.17, 15) is 19.7 Å². The molecule has 2 rings (SSSR count). The zero-order valence-corrected chi connectivity index (χ0v) is 8.49. The van der Waals surface area contributed by atoms with Crippen molar-refractivity contribution in [2.45, 2.75) is 6.10 Å². The van der Waals surface area contributed by atoms with Gasteiger partial charge in [-0.25, -0.2) is 9.59 Å². The summed E-state index contributed by atoms with van der Waals surface area (Å²) >= 11 is 0. The Balaban J connectivity index is 2.15. The standard InChI is InChI=1S/C10H7NO6/c12-9-10(13)17-8(5-16-9)6-1-3-7(4-2-6)11(14)15/h1-4,8H,5H2/t8-/m1/s1. The van der Waals surface area contributed by atoms with Gasteiger partial charge in [-0.1, -0.05) is 0 Å². The molecule has 1 aromatic rings. The van der Waals surface area contributed by atoms with Crippen LogP contribution in [0, 0.1) is 10.1 Å². The Labute approximate surface area is 95.1 Å². The number of hydrogen-bond donors (Lipinski definition) is 0. The van der Waals surface area contributed by atoms with Gasteiger partial charge in [-0.05, 0) is 17.7 Å². The third-order valence-corrected chi connectivity index (χ3v) is 2.26. The molecule has 88 valence electrons. The number of nitro benzene ring substituents is 1. The van der Waals surface area contributed by atoms with Crippen LogP contribution in [-0.4, -0.2) is 23.5 Å². The molecule has 0 spiro atoms. The summed E-state index contributed by atoms with van der Waals surface area (Å²) < 4.78 is 9.39. The van der Waals surface area contributed by atoms with E-state index in [1.807, 2.05) is 0 Å². The lowest BCUT2D eigenvalue weighted by Gasteiger charge is -2.21. The molecule has 17 heavy (non-hydrogen) atoms. The molecule has 0 unspecified atom stereocenters. The van der Waals surface area contributed by atoms with Gasteiger partial charge in [0, 0.05) is 12.1 Å². The van der Waals surface area contributed by atoms with Crippen LogP contribution in [-0.2, 0) is 19.1 Å². The topological polar surface area (TPSA) is 95.7 Å². The molecular formula is C10H7NO6. The number of carbonyl (C=O) groups excluding carboxylic acids is 2. The SMILES string of the molecule is O=C1OC[C@H](c2ccc([N+](=O)[O-])cc2)OC1=O. The fourth-order valence-electron chi connectivity index (χ4n) is 1.40. The number of nitro groups is 1. The Kier molecular flexibility index (Phi) is 2.73. The number of cyclic esters (lactones) is 2. The highest BCUT2D eigenvalue weighted by Gasteiger charge is 2.30. The molecule has 7 heteroatoms. The quantitative estimate of drug-likeness (QED) is 0.325. The van der Waals surface area contributed by atoms with Gasteiger partial charge in [-0.3, -0.25) is 10.1 Å². The summed E-state index contributed by atoms with van der Waals surface area (Å²) in [5.74, 6) is -2.08. The number of hydrogen-bond acceptors (Lipinski definition) is 6. The summed E-state index contributed by atoms with van der Waals surface area (Å²) in [4.78, 5) is 31.6. The first-order valence-corrected chi connectivity index (χ1v) is 4.70. The Hall–Kier alpha value is -2.44. The molecule has 1 aliphatic rings. The monoisotopic (exact) mass is 237 g/mol. The van der Waals surface area contributed by atoms with Crippen molar-refractivity contribution in [1.82, 2.24) is 0 Å². The van der Waals surface area contributed by atoms with Gasteiger partial charge in [0.15, 0.2) is 6.10 Å². The molecular weight excluding hydrogens is 230 g/mol. The minimum Gasteiger partial charge on any atom is -0.453 e. The van der Waals surface area contributed by atoms with E-state index in [0.29, 0.717) is 5.56 Å². The Morgan fingerprint density at radius 3 is 2.35 bits per heavy atom. The Bertz CT molecular complexity index is 480. The van der Waals surface area contributed by atoms with E-state index in [4.69, 9.17) is 4.74 Å². The predicted molar refractivity (Wildman–Crippen MR) is 52.9 cm³/mol.